The lowest BCUT2D eigenvalue weighted by Crippen LogP contribution is -2.25. The van der Waals surface area contributed by atoms with Crippen molar-refractivity contribution in [2.24, 2.45) is 5.92 Å². The van der Waals surface area contributed by atoms with Gasteiger partial charge in [0.2, 0.25) is 0 Å². The van der Waals surface area contributed by atoms with Crippen LogP contribution in [0.4, 0.5) is 5.82 Å². The molecule has 2 aliphatic rings. The molecule has 1 atom stereocenters. The Kier molecular flexibility index (Phi) is 4.39. The van der Waals surface area contributed by atoms with E-state index in [1.807, 2.05) is 6.92 Å². The fourth-order valence-corrected chi connectivity index (χ4v) is 2.96. The van der Waals surface area contributed by atoms with E-state index in [1.165, 1.54) is 32.4 Å². The molecule has 1 aromatic heterocycles. The minimum Gasteiger partial charge on any atom is -0.462 e. The van der Waals surface area contributed by atoms with E-state index < -0.39 is 0 Å². The molecule has 1 aliphatic carbocycles. The number of anilines is 1. The molecule has 1 aliphatic heterocycles. The summed E-state index contributed by atoms with van der Waals surface area (Å²) >= 11 is 0. The van der Waals surface area contributed by atoms with Crippen LogP contribution in [0.15, 0.2) is 18.3 Å². The maximum absolute atomic E-state index is 11.9. The number of ether oxygens (including phenoxy) is 1. The summed E-state index contributed by atoms with van der Waals surface area (Å²) < 4.78 is 5.07. The van der Waals surface area contributed by atoms with Gasteiger partial charge in [-0.2, -0.15) is 0 Å². The van der Waals surface area contributed by atoms with E-state index >= 15 is 0 Å². The SMILES string of the molecule is CCOC(=O)c1cccnc1NCC1CCN(C2CC2)C1. The lowest BCUT2D eigenvalue weighted by atomic mass is 10.1. The van der Waals surface area contributed by atoms with Crippen molar-refractivity contribution >= 4 is 11.8 Å². The number of nitrogens with one attached hydrogen (secondary N) is 1. The topological polar surface area (TPSA) is 54.5 Å². The third-order valence-electron chi connectivity index (χ3n) is 4.24. The van der Waals surface area contributed by atoms with Gasteiger partial charge < -0.3 is 15.0 Å². The van der Waals surface area contributed by atoms with Crippen LogP contribution in [-0.4, -0.2) is 48.1 Å². The van der Waals surface area contributed by atoms with Gasteiger partial charge in [0.25, 0.3) is 0 Å². The molecular weight excluding hydrogens is 266 g/mol. The second kappa shape index (κ2) is 6.43. The van der Waals surface area contributed by atoms with Gasteiger partial charge in [-0.3, -0.25) is 0 Å². The third-order valence-corrected chi connectivity index (χ3v) is 4.24. The standard InChI is InChI=1S/C16H23N3O2/c1-2-21-16(20)14-4-3-8-17-15(14)18-10-12-7-9-19(11-12)13-5-6-13/h3-4,8,12-13H,2,5-7,9-11H2,1H3,(H,17,18). The first kappa shape index (κ1) is 14.3. The summed E-state index contributed by atoms with van der Waals surface area (Å²) in [5.74, 6) is 0.975. The average molecular weight is 289 g/mol. The molecule has 5 nitrogen and oxygen atoms in total. The van der Waals surface area contributed by atoms with Crippen molar-refractivity contribution in [3.8, 4) is 0 Å². The van der Waals surface area contributed by atoms with E-state index in [4.69, 9.17) is 4.74 Å². The van der Waals surface area contributed by atoms with Gasteiger partial charge in [0.15, 0.2) is 0 Å². The summed E-state index contributed by atoms with van der Waals surface area (Å²) in [4.78, 5) is 18.8. The molecule has 2 heterocycles. The monoisotopic (exact) mass is 289 g/mol. The molecule has 0 spiro atoms. The quantitative estimate of drug-likeness (QED) is 0.813. The Hall–Kier alpha value is -1.62. The smallest absolute Gasteiger partial charge is 0.341 e. The molecule has 1 saturated carbocycles. The van der Waals surface area contributed by atoms with E-state index in [2.05, 4.69) is 15.2 Å². The number of hydrogen-bond acceptors (Lipinski definition) is 5. The minimum absolute atomic E-state index is 0.306. The highest BCUT2D eigenvalue weighted by atomic mass is 16.5. The van der Waals surface area contributed by atoms with Gasteiger partial charge in [0.05, 0.1) is 6.61 Å². The Labute approximate surface area is 125 Å². The van der Waals surface area contributed by atoms with Crippen LogP contribution in [0.3, 0.4) is 0 Å². The molecule has 1 unspecified atom stereocenters. The fraction of sp³-hybridized carbons (Fsp3) is 0.625. The number of hydrogen-bond donors (Lipinski definition) is 1. The van der Waals surface area contributed by atoms with E-state index in [0.29, 0.717) is 23.9 Å². The summed E-state index contributed by atoms with van der Waals surface area (Å²) in [6.07, 6.45) is 5.67. The molecule has 0 aromatic carbocycles. The molecule has 114 valence electrons. The van der Waals surface area contributed by atoms with Crippen molar-refractivity contribution in [2.45, 2.75) is 32.2 Å². The molecule has 21 heavy (non-hydrogen) atoms. The molecule has 0 bridgehead atoms. The van der Waals surface area contributed by atoms with Gasteiger partial charge in [-0.1, -0.05) is 0 Å². The van der Waals surface area contributed by atoms with Crippen LogP contribution in [-0.2, 0) is 4.74 Å². The molecule has 5 heteroatoms. The van der Waals surface area contributed by atoms with Crippen LogP contribution >= 0.6 is 0 Å². The van der Waals surface area contributed by atoms with Gasteiger partial charge in [-0.15, -0.1) is 0 Å². The molecule has 3 rings (SSSR count). The molecule has 1 N–H and O–H groups in total. The zero-order chi connectivity index (χ0) is 14.7. The highest BCUT2D eigenvalue weighted by Crippen LogP contribution is 2.31. The van der Waals surface area contributed by atoms with Crippen LogP contribution in [0.25, 0.3) is 0 Å². The Bertz CT molecular complexity index is 502. The average Bonchev–Trinajstić information content (AvgIpc) is 3.25. The number of esters is 1. The maximum Gasteiger partial charge on any atom is 0.341 e. The minimum atomic E-state index is -0.306. The van der Waals surface area contributed by atoms with Crippen LogP contribution in [0.2, 0.25) is 0 Å². The highest BCUT2D eigenvalue weighted by Gasteiger charge is 2.34. The Morgan fingerprint density at radius 3 is 3.10 bits per heavy atom. The van der Waals surface area contributed by atoms with Gasteiger partial charge in [0, 0.05) is 25.3 Å². The van der Waals surface area contributed by atoms with Crippen molar-refractivity contribution in [1.82, 2.24) is 9.88 Å². The number of likely N-dealkylation sites (tertiary alicyclic amines) is 1. The number of carbonyl (C=O) groups is 1. The lowest BCUT2D eigenvalue weighted by Gasteiger charge is -2.16. The number of nitrogens with zero attached hydrogens (tertiary/aromatic N) is 2. The van der Waals surface area contributed by atoms with Gasteiger partial charge in [-0.25, -0.2) is 9.78 Å². The van der Waals surface area contributed by atoms with Crippen molar-refractivity contribution in [3.05, 3.63) is 23.9 Å². The van der Waals surface area contributed by atoms with Crippen LogP contribution < -0.4 is 5.32 Å². The first-order valence-electron chi connectivity index (χ1n) is 7.88. The van der Waals surface area contributed by atoms with Crippen LogP contribution in [0.1, 0.15) is 36.5 Å². The van der Waals surface area contributed by atoms with Crippen LogP contribution in [0, 0.1) is 5.92 Å². The molecule has 1 aromatic rings. The lowest BCUT2D eigenvalue weighted by molar-refractivity contribution is 0.0527. The Morgan fingerprint density at radius 2 is 2.33 bits per heavy atom. The summed E-state index contributed by atoms with van der Waals surface area (Å²) in [6.45, 7) is 5.44. The predicted octanol–water partition coefficient (Wildman–Crippen LogP) is 2.15. The summed E-state index contributed by atoms with van der Waals surface area (Å²) in [5, 5.41) is 3.34. The van der Waals surface area contributed by atoms with Crippen molar-refractivity contribution < 1.29 is 9.53 Å². The number of rotatable bonds is 6. The van der Waals surface area contributed by atoms with Gasteiger partial charge in [-0.05, 0) is 50.8 Å². The summed E-state index contributed by atoms with van der Waals surface area (Å²) in [6, 6.07) is 4.38. The largest absolute Gasteiger partial charge is 0.462 e. The molecule has 2 fully saturated rings. The van der Waals surface area contributed by atoms with Crippen molar-refractivity contribution in [1.29, 1.82) is 0 Å². The third kappa shape index (κ3) is 3.53. The first-order chi connectivity index (χ1) is 10.3. The van der Waals surface area contributed by atoms with E-state index in [-0.39, 0.29) is 5.97 Å². The molecular formula is C16H23N3O2. The van der Waals surface area contributed by atoms with E-state index in [1.54, 1.807) is 18.3 Å². The highest BCUT2D eigenvalue weighted by molar-refractivity contribution is 5.94. The molecule has 0 amide bonds. The van der Waals surface area contributed by atoms with E-state index in [9.17, 15) is 4.79 Å². The number of aromatic nitrogens is 1. The number of carbonyl (C=O) groups excluding carboxylic acids is 1. The summed E-state index contributed by atoms with van der Waals surface area (Å²) in [5.41, 5.74) is 0.524. The van der Waals surface area contributed by atoms with Crippen molar-refractivity contribution in [2.75, 3.05) is 31.6 Å². The second-order valence-electron chi connectivity index (χ2n) is 5.88. The molecule has 1 saturated heterocycles. The second-order valence-corrected chi connectivity index (χ2v) is 5.88. The van der Waals surface area contributed by atoms with Gasteiger partial charge >= 0.3 is 5.97 Å². The van der Waals surface area contributed by atoms with Crippen LogP contribution in [0.5, 0.6) is 0 Å². The summed E-state index contributed by atoms with van der Waals surface area (Å²) in [7, 11) is 0. The zero-order valence-electron chi connectivity index (χ0n) is 12.5. The predicted molar refractivity (Wildman–Crippen MR) is 81.4 cm³/mol. The number of pyridine rings is 1. The van der Waals surface area contributed by atoms with Crippen molar-refractivity contribution in [3.63, 3.8) is 0 Å². The Morgan fingerprint density at radius 1 is 1.48 bits per heavy atom. The molecule has 0 radical (unpaired) electrons. The maximum atomic E-state index is 11.9. The Balaban J connectivity index is 1.56. The van der Waals surface area contributed by atoms with E-state index in [0.717, 1.165) is 12.6 Å². The zero-order valence-corrected chi connectivity index (χ0v) is 12.5. The normalized spacial score (nSPS) is 22.2. The fourth-order valence-electron chi connectivity index (χ4n) is 2.96. The van der Waals surface area contributed by atoms with Gasteiger partial charge in [0.1, 0.15) is 11.4 Å². The first-order valence-corrected chi connectivity index (χ1v) is 7.88.